The molecule has 0 bridgehead atoms. The van der Waals surface area contributed by atoms with E-state index < -0.39 is 5.60 Å². The summed E-state index contributed by atoms with van der Waals surface area (Å²) in [5.74, 6) is 0.692. The molecule has 0 spiro atoms. The average molecular weight is 343 g/mol. The monoisotopic (exact) mass is 343 g/mol. The lowest BCUT2D eigenvalue weighted by Crippen LogP contribution is -2.31. The Bertz CT molecular complexity index is 743. The predicted octanol–water partition coefficient (Wildman–Crippen LogP) is 2.59. The van der Waals surface area contributed by atoms with E-state index in [1.54, 1.807) is 18.5 Å². The molecule has 3 rings (SSSR count). The summed E-state index contributed by atoms with van der Waals surface area (Å²) in [5, 5.41) is 17.9. The number of hydrogen-bond donors (Lipinski definition) is 2. The van der Waals surface area contributed by atoms with Crippen molar-refractivity contribution in [2.45, 2.75) is 63.9 Å². The minimum Gasteiger partial charge on any atom is -0.389 e. The molecule has 2 aromatic rings. The van der Waals surface area contributed by atoms with Gasteiger partial charge in [0.05, 0.1) is 17.7 Å². The van der Waals surface area contributed by atoms with Gasteiger partial charge in [0.1, 0.15) is 5.82 Å². The molecule has 0 unspecified atom stereocenters. The van der Waals surface area contributed by atoms with Crippen LogP contribution in [0, 0.1) is 0 Å². The predicted molar refractivity (Wildman–Crippen MR) is 94.5 cm³/mol. The molecule has 2 aromatic heterocycles. The Morgan fingerprint density at radius 3 is 2.52 bits per heavy atom. The van der Waals surface area contributed by atoms with Crippen LogP contribution in [-0.4, -0.2) is 36.4 Å². The first-order valence-corrected chi connectivity index (χ1v) is 8.67. The van der Waals surface area contributed by atoms with Gasteiger partial charge in [-0.05, 0) is 18.9 Å². The van der Waals surface area contributed by atoms with Gasteiger partial charge in [0.25, 0.3) is 5.95 Å². The van der Waals surface area contributed by atoms with E-state index in [0.717, 1.165) is 18.5 Å². The van der Waals surface area contributed by atoms with E-state index in [1.165, 1.54) is 4.68 Å². The zero-order chi connectivity index (χ0) is 18.1. The molecule has 1 fully saturated rings. The molecule has 2 N–H and O–H groups in total. The number of aromatic nitrogens is 4. The van der Waals surface area contributed by atoms with Crippen LogP contribution in [-0.2, 0) is 10.2 Å². The molecular formula is C18H25N5O2. The van der Waals surface area contributed by atoms with Crippen molar-refractivity contribution in [3.63, 3.8) is 0 Å². The van der Waals surface area contributed by atoms with Crippen molar-refractivity contribution in [2.24, 2.45) is 0 Å². The molecule has 134 valence electrons. The lowest BCUT2D eigenvalue weighted by atomic mass is 9.92. The second-order valence-electron chi connectivity index (χ2n) is 7.78. The Labute approximate surface area is 147 Å². The molecule has 1 aliphatic rings. The minimum atomic E-state index is -0.884. The number of nitrogens with one attached hydrogen (secondary N) is 1. The normalized spacial score (nSPS) is 16.8. The van der Waals surface area contributed by atoms with Gasteiger partial charge in [0, 0.05) is 23.9 Å². The molecule has 1 amide bonds. The fourth-order valence-electron chi connectivity index (χ4n) is 3.09. The van der Waals surface area contributed by atoms with Gasteiger partial charge in [-0.1, -0.05) is 33.6 Å². The molecule has 2 heterocycles. The average Bonchev–Trinajstić information content (AvgIpc) is 3.14. The Kier molecular flexibility index (Phi) is 4.60. The highest BCUT2D eigenvalue weighted by Gasteiger charge is 2.34. The molecular weight excluding hydrogens is 318 g/mol. The third-order valence-corrected chi connectivity index (χ3v) is 4.51. The van der Waals surface area contributed by atoms with E-state index in [2.05, 4.69) is 41.2 Å². The van der Waals surface area contributed by atoms with Crippen molar-refractivity contribution in [1.82, 2.24) is 19.7 Å². The van der Waals surface area contributed by atoms with Gasteiger partial charge in [0.2, 0.25) is 5.91 Å². The number of rotatable bonds is 4. The molecule has 0 atom stereocenters. The summed E-state index contributed by atoms with van der Waals surface area (Å²) in [6, 6.07) is 3.57. The van der Waals surface area contributed by atoms with E-state index >= 15 is 0 Å². The van der Waals surface area contributed by atoms with Crippen molar-refractivity contribution in [3.05, 3.63) is 30.2 Å². The summed E-state index contributed by atoms with van der Waals surface area (Å²) >= 11 is 0. The topological polar surface area (TPSA) is 92.9 Å². The number of nitrogens with zero attached hydrogens (tertiary/aromatic N) is 4. The molecule has 0 aliphatic heterocycles. The van der Waals surface area contributed by atoms with E-state index in [0.29, 0.717) is 24.6 Å². The standard InChI is InChI=1S/C18H25N5O2/c1-17(2,3)13-11-14(23(22-13)16-19-9-6-10-20-16)21-15(24)12-18(25)7-4-5-8-18/h6,9-11,25H,4-5,7-8,12H2,1-3H3,(H,21,24). The van der Waals surface area contributed by atoms with Crippen molar-refractivity contribution in [1.29, 1.82) is 0 Å². The lowest BCUT2D eigenvalue weighted by Gasteiger charge is -2.21. The fourth-order valence-corrected chi connectivity index (χ4v) is 3.09. The summed E-state index contributed by atoms with van der Waals surface area (Å²) in [6.45, 7) is 6.16. The second-order valence-corrected chi connectivity index (χ2v) is 7.78. The molecule has 0 radical (unpaired) electrons. The Hall–Kier alpha value is -2.28. The number of hydrogen-bond acceptors (Lipinski definition) is 5. The van der Waals surface area contributed by atoms with Crippen molar-refractivity contribution >= 4 is 11.7 Å². The van der Waals surface area contributed by atoms with Crippen LogP contribution >= 0.6 is 0 Å². The van der Waals surface area contributed by atoms with E-state index in [1.807, 2.05) is 6.07 Å². The fraction of sp³-hybridized carbons (Fsp3) is 0.556. The van der Waals surface area contributed by atoms with Crippen LogP contribution in [0.15, 0.2) is 24.5 Å². The van der Waals surface area contributed by atoms with Crippen molar-refractivity contribution in [3.8, 4) is 5.95 Å². The number of anilines is 1. The summed E-state index contributed by atoms with van der Waals surface area (Å²) in [6.07, 6.45) is 6.64. The first-order chi connectivity index (χ1) is 11.8. The van der Waals surface area contributed by atoms with Crippen LogP contribution in [0.4, 0.5) is 5.82 Å². The smallest absolute Gasteiger partial charge is 0.252 e. The van der Waals surface area contributed by atoms with Gasteiger partial charge in [-0.2, -0.15) is 9.78 Å². The highest BCUT2D eigenvalue weighted by Crippen LogP contribution is 2.33. The lowest BCUT2D eigenvalue weighted by molar-refractivity contribution is -0.120. The maximum atomic E-state index is 12.5. The maximum absolute atomic E-state index is 12.5. The second kappa shape index (κ2) is 6.55. The van der Waals surface area contributed by atoms with Gasteiger partial charge in [0.15, 0.2) is 0 Å². The minimum absolute atomic E-state index is 0.0959. The quantitative estimate of drug-likeness (QED) is 0.890. The summed E-state index contributed by atoms with van der Waals surface area (Å²) in [4.78, 5) is 20.9. The molecule has 0 saturated heterocycles. The number of aliphatic hydroxyl groups is 1. The zero-order valence-corrected chi connectivity index (χ0v) is 15.0. The number of amides is 1. The van der Waals surface area contributed by atoms with Gasteiger partial charge in [-0.3, -0.25) is 4.79 Å². The highest BCUT2D eigenvalue weighted by atomic mass is 16.3. The van der Waals surface area contributed by atoms with Gasteiger partial charge in [-0.25, -0.2) is 9.97 Å². The molecule has 7 nitrogen and oxygen atoms in total. The van der Waals surface area contributed by atoms with Crippen LogP contribution in [0.25, 0.3) is 5.95 Å². The van der Waals surface area contributed by atoms with Crippen LogP contribution in [0.5, 0.6) is 0 Å². The van der Waals surface area contributed by atoms with Crippen molar-refractivity contribution in [2.75, 3.05) is 5.32 Å². The maximum Gasteiger partial charge on any atom is 0.252 e. The van der Waals surface area contributed by atoms with Crippen LogP contribution < -0.4 is 5.32 Å². The van der Waals surface area contributed by atoms with Crippen molar-refractivity contribution < 1.29 is 9.90 Å². The highest BCUT2D eigenvalue weighted by molar-refractivity contribution is 5.90. The molecule has 25 heavy (non-hydrogen) atoms. The molecule has 7 heteroatoms. The number of carbonyl (C=O) groups is 1. The van der Waals surface area contributed by atoms with E-state index in [-0.39, 0.29) is 17.7 Å². The summed E-state index contributed by atoms with van der Waals surface area (Å²) < 4.78 is 1.54. The zero-order valence-electron chi connectivity index (χ0n) is 15.0. The van der Waals surface area contributed by atoms with Crippen LogP contribution in [0.1, 0.15) is 58.6 Å². The summed E-state index contributed by atoms with van der Waals surface area (Å²) in [7, 11) is 0. The SMILES string of the molecule is CC(C)(C)c1cc(NC(=O)CC2(O)CCCC2)n(-c2ncccn2)n1. The number of carbonyl (C=O) groups excluding carboxylic acids is 1. The van der Waals surface area contributed by atoms with E-state index in [4.69, 9.17) is 0 Å². The van der Waals surface area contributed by atoms with Gasteiger partial charge < -0.3 is 10.4 Å². The van der Waals surface area contributed by atoms with Crippen LogP contribution in [0.2, 0.25) is 0 Å². The summed E-state index contributed by atoms with van der Waals surface area (Å²) in [5.41, 5.74) is -0.233. The third-order valence-electron chi connectivity index (χ3n) is 4.51. The Morgan fingerprint density at radius 1 is 1.28 bits per heavy atom. The first-order valence-electron chi connectivity index (χ1n) is 8.67. The van der Waals surface area contributed by atoms with Crippen LogP contribution in [0.3, 0.4) is 0 Å². The molecule has 1 aliphatic carbocycles. The third kappa shape index (κ3) is 4.04. The largest absolute Gasteiger partial charge is 0.389 e. The van der Waals surface area contributed by atoms with Gasteiger partial charge >= 0.3 is 0 Å². The first kappa shape index (κ1) is 17.5. The Balaban J connectivity index is 1.86. The van der Waals surface area contributed by atoms with E-state index in [9.17, 15) is 9.90 Å². The van der Waals surface area contributed by atoms with Gasteiger partial charge in [-0.15, -0.1) is 0 Å². The molecule has 1 saturated carbocycles. The molecule has 0 aromatic carbocycles. The Morgan fingerprint density at radius 2 is 1.92 bits per heavy atom.